The van der Waals surface area contributed by atoms with Gasteiger partial charge in [0.15, 0.2) is 0 Å². The summed E-state index contributed by atoms with van der Waals surface area (Å²) in [6.45, 7) is 1.88. The fraction of sp³-hybridized carbons (Fsp3) is 0.143. The topological polar surface area (TPSA) is 71.0 Å². The summed E-state index contributed by atoms with van der Waals surface area (Å²) < 4.78 is 26.1. The van der Waals surface area contributed by atoms with Crippen LogP contribution in [0.15, 0.2) is 29.2 Å². The summed E-state index contributed by atoms with van der Waals surface area (Å²) in [5.74, 6) is 2.87. The molecular formula is C7H10NO3S+. The number of hydrogen-bond acceptors (Lipinski definition) is 3. The van der Waals surface area contributed by atoms with Crippen LogP contribution in [0.1, 0.15) is 5.56 Å². The van der Waals surface area contributed by atoms with Gasteiger partial charge in [-0.3, -0.25) is 0 Å². The first-order chi connectivity index (χ1) is 5.56. The molecule has 0 aliphatic heterocycles. The van der Waals surface area contributed by atoms with Crippen LogP contribution in [0.3, 0.4) is 0 Å². The zero-order chi connectivity index (χ0) is 9.19. The lowest BCUT2D eigenvalue weighted by Crippen LogP contribution is -2.50. The predicted molar refractivity (Wildman–Crippen MR) is 42.3 cm³/mol. The van der Waals surface area contributed by atoms with E-state index in [4.69, 9.17) is 0 Å². The van der Waals surface area contributed by atoms with Crippen LogP contribution in [0.4, 0.5) is 0 Å². The summed E-state index contributed by atoms with van der Waals surface area (Å²) in [7, 11) is -3.63. The minimum absolute atomic E-state index is 0.128. The van der Waals surface area contributed by atoms with Crippen LogP contribution in [-0.4, -0.2) is 8.42 Å². The summed E-state index contributed by atoms with van der Waals surface area (Å²) in [5, 5.41) is 0. The molecule has 0 aliphatic carbocycles. The van der Waals surface area contributed by atoms with Gasteiger partial charge in [-0.15, -0.1) is 0 Å². The SMILES string of the molecule is Cc1ccc(S(=O)(=O)O[NH3+])cc1. The van der Waals surface area contributed by atoms with Gasteiger partial charge in [0.25, 0.3) is 0 Å². The van der Waals surface area contributed by atoms with Gasteiger partial charge >= 0.3 is 10.1 Å². The van der Waals surface area contributed by atoms with E-state index in [0.29, 0.717) is 0 Å². The van der Waals surface area contributed by atoms with Gasteiger partial charge in [0.1, 0.15) is 0 Å². The van der Waals surface area contributed by atoms with Gasteiger partial charge in [0.2, 0.25) is 0 Å². The average Bonchev–Trinajstić information content (AvgIpc) is 2.05. The molecule has 3 N–H and O–H groups in total. The second-order valence-corrected chi connectivity index (χ2v) is 4.00. The molecule has 0 bridgehead atoms. The first kappa shape index (κ1) is 9.18. The van der Waals surface area contributed by atoms with Crippen LogP contribution in [0.5, 0.6) is 0 Å². The molecule has 0 unspecified atom stereocenters. The molecule has 0 heterocycles. The van der Waals surface area contributed by atoms with Crippen molar-refractivity contribution in [3.63, 3.8) is 0 Å². The molecule has 0 atom stereocenters. The Bertz CT molecular complexity index is 355. The first-order valence-corrected chi connectivity index (χ1v) is 4.72. The Morgan fingerprint density at radius 2 is 1.75 bits per heavy atom. The third kappa shape index (κ3) is 1.82. The largest absolute Gasteiger partial charge is 0.342 e. The first-order valence-electron chi connectivity index (χ1n) is 3.31. The summed E-state index contributed by atoms with van der Waals surface area (Å²) in [6.07, 6.45) is 0. The Hall–Kier alpha value is -0.910. The van der Waals surface area contributed by atoms with Crippen LogP contribution in [0.2, 0.25) is 0 Å². The molecule has 12 heavy (non-hydrogen) atoms. The predicted octanol–water partition coefficient (Wildman–Crippen LogP) is -0.143. The van der Waals surface area contributed by atoms with E-state index in [0.717, 1.165) is 5.56 Å². The molecule has 1 aromatic rings. The van der Waals surface area contributed by atoms with Crippen LogP contribution >= 0.6 is 0 Å². The van der Waals surface area contributed by atoms with E-state index >= 15 is 0 Å². The lowest BCUT2D eigenvalue weighted by atomic mass is 10.2. The Kier molecular flexibility index (Phi) is 2.46. The number of rotatable bonds is 2. The smallest absolute Gasteiger partial charge is 0.193 e. The van der Waals surface area contributed by atoms with Crippen LogP contribution in [0.25, 0.3) is 0 Å². The van der Waals surface area contributed by atoms with E-state index < -0.39 is 10.1 Å². The third-order valence-electron chi connectivity index (χ3n) is 1.46. The van der Waals surface area contributed by atoms with Crippen molar-refractivity contribution in [2.24, 2.45) is 0 Å². The van der Waals surface area contributed by atoms with Gasteiger partial charge in [-0.25, -0.2) is 0 Å². The zero-order valence-corrected chi connectivity index (χ0v) is 7.47. The standard InChI is InChI=1S/C7H10NO3S/c1-6-2-4-7(5-3-6)12(9,10)11-8/h2-5H,1,8H3/q+1. The lowest BCUT2D eigenvalue weighted by molar-refractivity contribution is -0.635. The fourth-order valence-electron chi connectivity index (χ4n) is 0.773. The summed E-state index contributed by atoms with van der Waals surface area (Å²) in [5.41, 5.74) is 0.998. The molecule has 0 fully saturated rings. The Labute approximate surface area is 71.0 Å². The van der Waals surface area contributed by atoms with Crippen molar-refractivity contribution in [3.8, 4) is 0 Å². The second-order valence-electron chi connectivity index (χ2n) is 2.39. The summed E-state index contributed by atoms with van der Waals surface area (Å²) >= 11 is 0. The number of quaternary nitrogens is 1. The fourth-order valence-corrected chi connectivity index (χ4v) is 1.38. The van der Waals surface area contributed by atoms with Crippen molar-refractivity contribution in [3.05, 3.63) is 29.8 Å². The quantitative estimate of drug-likeness (QED) is 0.656. The molecule has 1 aromatic carbocycles. The van der Waals surface area contributed by atoms with Crippen molar-refractivity contribution < 1.29 is 18.6 Å². The minimum atomic E-state index is -3.63. The number of hydrogen-bond donors (Lipinski definition) is 1. The van der Waals surface area contributed by atoms with Crippen LogP contribution in [0, 0.1) is 6.92 Å². The second kappa shape index (κ2) is 3.22. The third-order valence-corrected chi connectivity index (χ3v) is 2.62. The zero-order valence-electron chi connectivity index (χ0n) is 6.65. The van der Waals surface area contributed by atoms with Crippen molar-refractivity contribution in [2.75, 3.05) is 0 Å². The summed E-state index contributed by atoms with van der Waals surface area (Å²) in [4.78, 5) is 0.128. The van der Waals surface area contributed by atoms with Crippen molar-refractivity contribution in [1.29, 1.82) is 0 Å². The van der Waals surface area contributed by atoms with Gasteiger partial charge in [0.05, 0.1) is 4.90 Å². The molecule has 5 heteroatoms. The van der Waals surface area contributed by atoms with E-state index in [1.807, 2.05) is 6.92 Å². The number of aryl methyl sites for hydroxylation is 1. The molecule has 0 saturated carbocycles. The van der Waals surface area contributed by atoms with Crippen molar-refractivity contribution in [1.82, 2.24) is 0 Å². The van der Waals surface area contributed by atoms with Gasteiger partial charge in [-0.1, -0.05) is 22.0 Å². The van der Waals surface area contributed by atoms with E-state index in [2.05, 4.69) is 10.2 Å². The molecule has 0 radical (unpaired) electrons. The highest BCUT2D eigenvalue weighted by Crippen LogP contribution is 2.10. The molecule has 1 rings (SSSR count). The Morgan fingerprint density at radius 3 is 2.17 bits per heavy atom. The maximum absolute atomic E-state index is 11.0. The van der Waals surface area contributed by atoms with E-state index in [9.17, 15) is 8.42 Å². The van der Waals surface area contributed by atoms with E-state index in [1.165, 1.54) is 12.1 Å². The van der Waals surface area contributed by atoms with Crippen molar-refractivity contribution >= 4 is 10.1 Å². The molecule has 4 nitrogen and oxygen atoms in total. The highest BCUT2D eigenvalue weighted by Gasteiger charge is 2.14. The Balaban J connectivity index is 3.14. The summed E-state index contributed by atoms with van der Waals surface area (Å²) in [6, 6.07) is 6.36. The average molecular weight is 188 g/mol. The normalized spacial score (nSPS) is 11.5. The van der Waals surface area contributed by atoms with Gasteiger partial charge in [-0.05, 0) is 19.1 Å². The number of benzene rings is 1. The van der Waals surface area contributed by atoms with E-state index in [1.54, 1.807) is 12.1 Å². The highest BCUT2D eigenvalue weighted by molar-refractivity contribution is 7.86. The van der Waals surface area contributed by atoms with Crippen molar-refractivity contribution in [2.45, 2.75) is 11.8 Å². The van der Waals surface area contributed by atoms with Gasteiger partial charge in [0, 0.05) is 0 Å². The molecule has 0 aromatic heterocycles. The van der Waals surface area contributed by atoms with Crippen LogP contribution in [-0.2, 0) is 14.4 Å². The van der Waals surface area contributed by atoms with Gasteiger partial charge in [-0.2, -0.15) is 14.3 Å². The van der Waals surface area contributed by atoms with E-state index in [-0.39, 0.29) is 4.90 Å². The molecule has 0 amide bonds. The maximum Gasteiger partial charge on any atom is 0.342 e. The van der Waals surface area contributed by atoms with Gasteiger partial charge < -0.3 is 0 Å². The molecule has 0 aliphatic rings. The Morgan fingerprint density at radius 1 is 1.25 bits per heavy atom. The monoisotopic (exact) mass is 188 g/mol. The van der Waals surface area contributed by atoms with Crippen LogP contribution < -0.4 is 5.90 Å². The molecular weight excluding hydrogens is 178 g/mol. The maximum atomic E-state index is 11.0. The minimum Gasteiger partial charge on any atom is -0.193 e. The highest BCUT2D eigenvalue weighted by atomic mass is 32.2. The molecule has 0 saturated heterocycles. The lowest BCUT2D eigenvalue weighted by Gasteiger charge is -1.97. The molecule has 0 spiro atoms. The molecule has 66 valence electrons.